The summed E-state index contributed by atoms with van der Waals surface area (Å²) in [6.45, 7) is 0.707. The van der Waals surface area contributed by atoms with Gasteiger partial charge in [-0.25, -0.2) is 9.37 Å². The van der Waals surface area contributed by atoms with E-state index in [0.29, 0.717) is 13.0 Å². The van der Waals surface area contributed by atoms with E-state index in [4.69, 9.17) is 0 Å². The van der Waals surface area contributed by atoms with Gasteiger partial charge in [-0.05, 0) is 6.42 Å². The lowest BCUT2D eigenvalue weighted by Gasteiger charge is -2.15. The van der Waals surface area contributed by atoms with Crippen molar-refractivity contribution in [2.75, 3.05) is 37.9 Å². The molecule has 6 nitrogen and oxygen atoms in total. The Balaban J connectivity index is 2.15. The minimum atomic E-state index is -0.486. The van der Waals surface area contributed by atoms with Crippen molar-refractivity contribution in [1.29, 1.82) is 0 Å². The number of amides is 1. The summed E-state index contributed by atoms with van der Waals surface area (Å²) in [6, 6.07) is -0.324. The zero-order valence-corrected chi connectivity index (χ0v) is 10.6. The number of likely N-dealkylation sites (N-methyl/N-ethyl adjacent to an activating group) is 1. The number of likely N-dealkylation sites (tertiary alicyclic amines) is 1. The molecule has 2 rings (SSSR count). The SMILES string of the molecule is CN1CCC(Nc2ncc(F)c(N(C)C)n2)C1=O. The summed E-state index contributed by atoms with van der Waals surface area (Å²) >= 11 is 0. The first-order valence-electron chi connectivity index (χ1n) is 5.70. The van der Waals surface area contributed by atoms with E-state index in [1.165, 1.54) is 0 Å². The molecule has 0 aromatic carbocycles. The van der Waals surface area contributed by atoms with Crippen LogP contribution in [-0.4, -0.2) is 54.5 Å². The quantitative estimate of drug-likeness (QED) is 0.841. The zero-order chi connectivity index (χ0) is 13.3. The molecule has 18 heavy (non-hydrogen) atoms. The van der Waals surface area contributed by atoms with Crippen molar-refractivity contribution in [3.8, 4) is 0 Å². The first-order chi connectivity index (χ1) is 8.49. The lowest BCUT2D eigenvalue weighted by Crippen LogP contribution is -2.31. The molecule has 0 spiro atoms. The number of hydrogen-bond donors (Lipinski definition) is 1. The normalized spacial score (nSPS) is 19.2. The van der Waals surface area contributed by atoms with Crippen LogP contribution >= 0.6 is 0 Å². The summed E-state index contributed by atoms with van der Waals surface area (Å²) in [5.74, 6) is -0.00482. The summed E-state index contributed by atoms with van der Waals surface area (Å²) in [6.07, 6.45) is 1.81. The third kappa shape index (κ3) is 2.34. The summed E-state index contributed by atoms with van der Waals surface area (Å²) in [7, 11) is 5.15. The van der Waals surface area contributed by atoms with Crippen molar-refractivity contribution >= 4 is 17.7 Å². The predicted molar refractivity (Wildman–Crippen MR) is 66.0 cm³/mol. The molecule has 1 unspecified atom stereocenters. The van der Waals surface area contributed by atoms with E-state index in [-0.39, 0.29) is 23.7 Å². The van der Waals surface area contributed by atoms with E-state index in [2.05, 4.69) is 15.3 Å². The minimum Gasteiger partial charge on any atom is -0.360 e. The average Bonchev–Trinajstić information content (AvgIpc) is 2.63. The van der Waals surface area contributed by atoms with Crippen LogP contribution in [0, 0.1) is 5.82 Å². The van der Waals surface area contributed by atoms with Gasteiger partial charge in [0.2, 0.25) is 11.9 Å². The maximum atomic E-state index is 13.4. The second kappa shape index (κ2) is 4.75. The van der Waals surface area contributed by atoms with Crippen LogP contribution in [-0.2, 0) is 4.79 Å². The van der Waals surface area contributed by atoms with Crippen LogP contribution in [0.2, 0.25) is 0 Å². The molecule has 1 aromatic heterocycles. The lowest BCUT2D eigenvalue weighted by atomic mass is 10.2. The molecular weight excluding hydrogens is 237 g/mol. The van der Waals surface area contributed by atoms with Gasteiger partial charge in [0.1, 0.15) is 6.04 Å². The van der Waals surface area contributed by atoms with Gasteiger partial charge in [0.25, 0.3) is 0 Å². The minimum absolute atomic E-state index is 0.00864. The molecule has 1 atom stereocenters. The van der Waals surface area contributed by atoms with Crippen molar-refractivity contribution in [2.45, 2.75) is 12.5 Å². The number of carbonyl (C=O) groups is 1. The largest absolute Gasteiger partial charge is 0.360 e. The number of anilines is 2. The standard InChI is InChI=1S/C11H16FN5O/c1-16(2)9-7(12)6-13-11(15-9)14-8-4-5-17(3)10(8)18/h6,8H,4-5H2,1-3H3,(H,13,14,15). The molecule has 0 bridgehead atoms. The number of carbonyl (C=O) groups excluding carboxylic acids is 1. The number of hydrogen-bond acceptors (Lipinski definition) is 5. The third-order valence-corrected chi connectivity index (χ3v) is 2.88. The van der Waals surface area contributed by atoms with E-state index in [0.717, 1.165) is 6.20 Å². The highest BCUT2D eigenvalue weighted by Gasteiger charge is 2.29. The Hall–Kier alpha value is -1.92. The number of nitrogens with zero attached hydrogens (tertiary/aromatic N) is 4. The topological polar surface area (TPSA) is 61.4 Å². The van der Waals surface area contributed by atoms with E-state index < -0.39 is 5.82 Å². The molecule has 2 heterocycles. The number of aromatic nitrogens is 2. The highest BCUT2D eigenvalue weighted by atomic mass is 19.1. The maximum Gasteiger partial charge on any atom is 0.244 e. The molecule has 0 aliphatic carbocycles. The van der Waals surface area contributed by atoms with Crippen LogP contribution in [0.15, 0.2) is 6.20 Å². The fourth-order valence-corrected chi connectivity index (χ4v) is 1.85. The lowest BCUT2D eigenvalue weighted by molar-refractivity contribution is -0.127. The third-order valence-electron chi connectivity index (χ3n) is 2.88. The molecular formula is C11H16FN5O. The van der Waals surface area contributed by atoms with Crippen LogP contribution < -0.4 is 10.2 Å². The first-order valence-corrected chi connectivity index (χ1v) is 5.70. The Bertz CT molecular complexity index is 465. The van der Waals surface area contributed by atoms with Crippen LogP contribution in [0.25, 0.3) is 0 Å². The van der Waals surface area contributed by atoms with Crippen molar-refractivity contribution in [2.24, 2.45) is 0 Å². The molecule has 98 valence electrons. The summed E-state index contributed by atoms with van der Waals surface area (Å²) < 4.78 is 13.4. The molecule has 1 fully saturated rings. The molecule has 0 radical (unpaired) electrons. The van der Waals surface area contributed by atoms with Crippen molar-refractivity contribution in [1.82, 2.24) is 14.9 Å². The van der Waals surface area contributed by atoms with Crippen molar-refractivity contribution < 1.29 is 9.18 Å². The van der Waals surface area contributed by atoms with Gasteiger partial charge >= 0.3 is 0 Å². The molecule has 0 saturated carbocycles. The van der Waals surface area contributed by atoms with E-state index in [1.54, 1.807) is 30.9 Å². The van der Waals surface area contributed by atoms with Gasteiger partial charge in [-0.2, -0.15) is 4.98 Å². The van der Waals surface area contributed by atoms with Crippen LogP contribution in [0.3, 0.4) is 0 Å². The fourth-order valence-electron chi connectivity index (χ4n) is 1.85. The van der Waals surface area contributed by atoms with E-state index in [1.807, 2.05) is 0 Å². The summed E-state index contributed by atoms with van der Waals surface area (Å²) in [4.78, 5) is 22.8. The smallest absolute Gasteiger partial charge is 0.244 e. The maximum absolute atomic E-state index is 13.4. The first kappa shape index (κ1) is 12.5. The van der Waals surface area contributed by atoms with Gasteiger partial charge in [0.15, 0.2) is 11.6 Å². The second-order valence-electron chi connectivity index (χ2n) is 4.50. The Kier molecular flexibility index (Phi) is 3.31. The molecule has 1 aliphatic heterocycles. The molecule has 1 saturated heterocycles. The van der Waals surface area contributed by atoms with Gasteiger partial charge in [-0.15, -0.1) is 0 Å². The van der Waals surface area contributed by atoms with Gasteiger partial charge in [-0.1, -0.05) is 0 Å². The Morgan fingerprint density at radius 2 is 2.28 bits per heavy atom. The molecule has 1 aromatic rings. The van der Waals surface area contributed by atoms with Gasteiger partial charge in [0.05, 0.1) is 6.20 Å². The van der Waals surface area contributed by atoms with Gasteiger partial charge < -0.3 is 15.1 Å². The fraction of sp³-hybridized carbons (Fsp3) is 0.545. The zero-order valence-electron chi connectivity index (χ0n) is 10.6. The van der Waals surface area contributed by atoms with Gasteiger partial charge in [0, 0.05) is 27.7 Å². The molecule has 7 heteroatoms. The molecule has 1 N–H and O–H groups in total. The molecule has 1 aliphatic rings. The van der Waals surface area contributed by atoms with Crippen molar-refractivity contribution in [3.05, 3.63) is 12.0 Å². The molecule has 1 amide bonds. The van der Waals surface area contributed by atoms with Crippen molar-refractivity contribution in [3.63, 3.8) is 0 Å². The predicted octanol–water partition coefficient (Wildman–Crippen LogP) is 0.324. The monoisotopic (exact) mass is 253 g/mol. The highest BCUT2D eigenvalue weighted by molar-refractivity contribution is 5.86. The van der Waals surface area contributed by atoms with Crippen LogP contribution in [0.5, 0.6) is 0 Å². The highest BCUT2D eigenvalue weighted by Crippen LogP contribution is 2.17. The van der Waals surface area contributed by atoms with E-state index in [9.17, 15) is 9.18 Å². The van der Waals surface area contributed by atoms with Gasteiger partial charge in [-0.3, -0.25) is 4.79 Å². The van der Waals surface area contributed by atoms with E-state index >= 15 is 0 Å². The Labute approximate surface area is 105 Å². The van der Waals surface area contributed by atoms with Crippen LogP contribution in [0.1, 0.15) is 6.42 Å². The summed E-state index contributed by atoms with van der Waals surface area (Å²) in [5, 5.41) is 2.94. The Morgan fingerprint density at radius 3 is 2.83 bits per heavy atom. The second-order valence-corrected chi connectivity index (χ2v) is 4.50. The number of halogens is 1. The van der Waals surface area contributed by atoms with Crippen LogP contribution in [0.4, 0.5) is 16.2 Å². The Morgan fingerprint density at radius 1 is 1.56 bits per heavy atom. The number of rotatable bonds is 3. The average molecular weight is 253 g/mol. The number of nitrogens with one attached hydrogen (secondary N) is 1. The summed E-state index contributed by atoms with van der Waals surface area (Å²) in [5.41, 5.74) is 0.